The van der Waals surface area contributed by atoms with Crippen molar-refractivity contribution in [1.82, 2.24) is 0 Å². The fraction of sp³-hybridized carbons (Fsp3) is 0.526. The summed E-state index contributed by atoms with van der Waals surface area (Å²) >= 11 is 1.71. The zero-order valence-corrected chi connectivity index (χ0v) is 30.2. The summed E-state index contributed by atoms with van der Waals surface area (Å²) in [5, 5.41) is 5.48. The van der Waals surface area contributed by atoms with Crippen molar-refractivity contribution in [3.8, 4) is 0 Å². The summed E-state index contributed by atoms with van der Waals surface area (Å²) < 4.78 is 1.83. The Morgan fingerprint density at radius 3 is 1.51 bits per heavy atom. The third-order valence-corrected chi connectivity index (χ3v) is 11.2. The third-order valence-electron chi connectivity index (χ3n) is 9.86. The molecule has 41 heavy (non-hydrogen) atoms. The normalized spacial score (nSPS) is 25.6. The molecule has 3 aromatic rings. The van der Waals surface area contributed by atoms with Gasteiger partial charge in [0.15, 0.2) is 0 Å². The van der Waals surface area contributed by atoms with Gasteiger partial charge in [0.2, 0.25) is 0 Å². The van der Waals surface area contributed by atoms with Gasteiger partial charge in [-0.2, -0.15) is 6.08 Å². The van der Waals surface area contributed by atoms with Crippen LogP contribution in [0.3, 0.4) is 0 Å². The zero-order valence-electron chi connectivity index (χ0n) is 26.2. The summed E-state index contributed by atoms with van der Waals surface area (Å²) in [4.78, 5) is 0. The molecule has 0 radical (unpaired) electrons. The predicted molar refractivity (Wildman–Crippen MR) is 167 cm³/mol. The molecule has 5 aliphatic carbocycles. The van der Waals surface area contributed by atoms with E-state index in [1.54, 1.807) is 62.8 Å². The molecule has 4 bridgehead atoms. The number of hydrogen-bond acceptors (Lipinski definition) is 0. The number of fused-ring (bicyclic) bond motifs is 3. The molecule has 0 unspecified atom stereocenters. The van der Waals surface area contributed by atoms with Gasteiger partial charge in [-0.3, -0.25) is 6.08 Å². The molecular weight excluding hydrogens is 619 g/mol. The molecule has 3 heteroatoms. The Labute approximate surface area is 277 Å². The van der Waals surface area contributed by atoms with E-state index < -0.39 is 0 Å². The van der Waals surface area contributed by atoms with Crippen LogP contribution in [0.25, 0.3) is 21.5 Å². The quantitative estimate of drug-likeness (QED) is 0.335. The minimum atomic E-state index is 0. The minimum absolute atomic E-state index is 0. The fourth-order valence-corrected chi connectivity index (χ4v) is 8.62. The van der Waals surface area contributed by atoms with Crippen LogP contribution in [0.1, 0.15) is 105 Å². The molecule has 0 spiro atoms. The van der Waals surface area contributed by atoms with Crippen molar-refractivity contribution in [3.05, 3.63) is 77.9 Å². The maximum Gasteiger partial charge on any atom is -0.109 e. The molecule has 8 rings (SSSR count). The van der Waals surface area contributed by atoms with Crippen molar-refractivity contribution in [2.75, 3.05) is 0 Å². The molecular formula is C38H48Cl2Zr-2. The van der Waals surface area contributed by atoms with Gasteiger partial charge < -0.3 is 24.8 Å². The van der Waals surface area contributed by atoms with Gasteiger partial charge in [-0.05, 0) is 10.8 Å². The van der Waals surface area contributed by atoms with E-state index in [9.17, 15) is 0 Å². The summed E-state index contributed by atoms with van der Waals surface area (Å²) in [5.74, 6) is 3.38. The summed E-state index contributed by atoms with van der Waals surface area (Å²) in [6, 6.07) is 16.2. The van der Waals surface area contributed by atoms with Crippen LogP contribution in [0.15, 0.2) is 60.7 Å². The van der Waals surface area contributed by atoms with Crippen molar-refractivity contribution < 1.29 is 49.0 Å². The van der Waals surface area contributed by atoms with Crippen molar-refractivity contribution in [3.63, 3.8) is 0 Å². The number of halogens is 2. The van der Waals surface area contributed by atoms with Crippen LogP contribution < -0.4 is 24.8 Å². The number of benzene rings is 2. The molecule has 0 N–H and O–H groups in total. The molecule has 0 heterocycles. The van der Waals surface area contributed by atoms with Crippen LogP contribution in [0, 0.1) is 29.2 Å². The first-order valence-electron chi connectivity index (χ1n) is 15.3. The van der Waals surface area contributed by atoms with Crippen molar-refractivity contribution in [1.29, 1.82) is 0 Å². The Morgan fingerprint density at radius 2 is 1.22 bits per heavy atom. The molecule has 220 valence electrons. The average molecular weight is 667 g/mol. The number of allylic oxidation sites excluding steroid dienone is 4. The van der Waals surface area contributed by atoms with Gasteiger partial charge >= 0.3 is 96.1 Å². The Balaban J connectivity index is 0.000000196. The van der Waals surface area contributed by atoms with Gasteiger partial charge in [-0.15, -0.1) is 46.2 Å². The zero-order chi connectivity index (χ0) is 28.0. The molecule has 4 fully saturated rings. The van der Waals surface area contributed by atoms with Crippen molar-refractivity contribution in [2.45, 2.75) is 104 Å². The average Bonchev–Trinajstić information content (AvgIpc) is 3.53. The van der Waals surface area contributed by atoms with Gasteiger partial charge in [-0.25, -0.2) is 12.2 Å². The van der Waals surface area contributed by atoms with E-state index in [-0.39, 0.29) is 35.6 Å². The van der Waals surface area contributed by atoms with Gasteiger partial charge in [-0.1, -0.05) is 76.9 Å². The van der Waals surface area contributed by atoms with E-state index >= 15 is 0 Å². The smallest absolute Gasteiger partial charge is 0.109 e. The molecule has 0 atom stereocenters. The standard InChI is InChI=1S/C21H25.C12H18.C5H5.2ClH.Zr/c1-20(2,3)16-7-9-18-14(12-16)11-15-13-17(21(4,5)6)8-10-19(15)18;1-2-12-6-9-3-10(7-12)5-11(4-9)8-12;1-2-4-5-3-1;;;/h7-13H,1-6H3;9-11H,3-8H2,1H3;1-3H,4H2;2*1H;/q-1;;-1;;;+2/p-2. The Bertz CT molecular complexity index is 1290. The largest absolute Gasteiger partial charge is 1.00 e. The molecule has 0 amide bonds. The molecule has 0 saturated heterocycles. The molecule has 3 aromatic carbocycles. The molecule has 5 aliphatic rings. The maximum absolute atomic E-state index is 2.99. The molecule has 4 saturated carbocycles. The van der Waals surface area contributed by atoms with Gasteiger partial charge in [0.05, 0.1) is 0 Å². The van der Waals surface area contributed by atoms with Crippen molar-refractivity contribution >= 4 is 24.8 Å². The van der Waals surface area contributed by atoms with E-state index in [0.29, 0.717) is 0 Å². The first-order valence-corrected chi connectivity index (χ1v) is 16.5. The topological polar surface area (TPSA) is 0 Å². The first kappa shape index (κ1) is 34.6. The fourth-order valence-electron chi connectivity index (χ4n) is 7.87. The van der Waals surface area contributed by atoms with Crippen LogP contribution in [0.5, 0.6) is 0 Å². The van der Waals surface area contributed by atoms with Gasteiger partial charge in [0.25, 0.3) is 0 Å². The Kier molecular flexibility index (Phi) is 11.3. The van der Waals surface area contributed by atoms with Crippen LogP contribution in [0.4, 0.5) is 0 Å². The summed E-state index contributed by atoms with van der Waals surface area (Å²) in [5.41, 5.74) is 3.97. The van der Waals surface area contributed by atoms with Crippen LogP contribution >= 0.6 is 0 Å². The van der Waals surface area contributed by atoms with Crippen LogP contribution in [0.2, 0.25) is 0 Å². The second kappa shape index (κ2) is 13.4. The van der Waals surface area contributed by atoms with Gasteiger partial charge in [0, 0.05) is 0 Å². The molecule has 0 aromatic heterocycles. The second-order valence-corrected chi connectivity index (χ2v) is 16.9. The van der Waals surface area contributed by atoms with Crippen LogP contribution in [-0.4, -0.2) is 3.21 Å². The van der Waals surface area contributed by atoms with E-state index in [4.69, 9.17) is 0 Å². The van der Waals surface area contributed by atoms with E-state index in [1.165, 1.54) is 32.7 Å². The monoisotopic (exact) mass is 664 g/mol. The van der Waals surface area contributed by atoms with Crippen molar-refractivity contribution in [2.24, 2.45) is 23.2 Å². The van der Waals surface area contributed by atoms with E-state index in [1.807, 2.05) is 15.4 Å². The first-order chi connectivity index (χ1) is 18.3. The van der Waals surface area contributed by atoms with Gasteiger partial charge in [0.1, 0.15) is 0 Å². The minimum Gasteiger partial charge on any atom is -1.00 e. The number of hydrogen-bond donors (Lipinski definition) is 0. The SMILES string of the molecule is CC(C)(C)c1ccc2c(c1)[cH-]c1cc(C(C)(C)C)ccc12.C[C](=[Zr+2])C12CC3CC(CC(C3)C1)C2.[C-]1=CC=CC1.[Cl-].[Cl-]. The summed E-state index contributed by atoms with van der Waals surface area (Å²) in [6.45, 7) is 16.1. The predicted octanol–water partition coefficient (Wildman–Crippen LogP) is 4.56. The van der Waals surface area contributed by atoms with E-state index in [0.717, 1.165) is 29.6 Å². The Morgan fingerprint density at radius 1 is 0.780 bits per heavy atom. The Hall–Kier alpha value is -0.877. The third kappa shape index (κ3) is 7.80. The maximum atomic E-state index is 2.99. The molecule has 0 aliphatic heterocycles. The van der Waals surface area contributed by atoms with Crippen LogP contribution in [-0.2, 0) is 35.1 Å². The molecule has 0 nitrogen and oxygen atoms in total. The number of rotatable bonds is 1. The summed E-state index contributed by atoms with van der Waals surface area (Å²) in [7, 11) is 0. The summed E-state index contributed by atoms with van der Waals surface area (Å²) in [6.07, 6.45) is 19.5. The van der Waals surface area contributed by atoms with E-state index in [2.05, 4.69) is 103 Å². The second-order valence-electron chi connectivity index (χ2n) is 15.1.